The van der Waals surface area contributed by atoms with E-state index in [2.05, 4.69) is 31.9 Å². The Kier molecular flexibility index (Phi) is 6.08. The molecule has 0 aliphatic rings. The van der Waals surface area contributed by atoms with E-state index in [0.717, 1.165) is 0 Å². The first-order valence-electron chi connectivity index (χ1n) is 3.18. The van der Waals surface area contributed by atoms with Crippen LogP contribution in [0.25, 0.3) is 0 Å². The number of carboxylic acids is 1. The average Bonchev–Trinajstić information content (AvgIpc) is 2.02. The molecule has 0 rings (SSSR count). The molecule has 0 aliphatic heterocycles. The van der Waals surface area contributed by atoms with Gasteiger partial charge in [0.25, 0.3) is 0 Å². The number of hydrogen-bond donors (Lipinski definition) is 2. The van der Waals surface area contributed by atoms with Gasteiger partial charge in [0.15, 0.2) is 6.10 Å². The van der Waals surface area contributed by atoms with Crippen LogP contribution in [-0.2, 0) is 9.53 Å². The van der Waals surface area contributed by atoms with Gasteiger partial charge in [0.2, 0.25) is 0 Å². The summed E-state index contributed by atoms with van der Waals surface area (Å²) >= 11 is 6.23. The minimum atomic E-state index is -1.43. The summed E-state index contributed by atoms with van der Waals surface area (Å²) in [7, 11) is 1.50. The van der Waals surface area contributed by atoms with Crippen molar-refractivity contribution < 1.29 is 19.7 Å². The fourth-order valence-electron chi connectivity index (χ4n) is 0.585. The third-order valence-corrected chi connectivity index (χ3v) is 3.91. The van der Waals surface area contributed by atoms with E-state index < -0.39 is 16.9 Å². The van der Waals surface area contributed by atoms with Crippen molar-refractivity contribution in [3.63, 3.8) is 0 Å². The van der Waals surface area contributed by atoms with E-state index in [-0.39, 0.29) is 4.83 Å². The number of aliphatic hydroxyl groups is 1. The van der Waals surface area contributed by atoms with Crippen molar-refractivity contribution in [1.29, 1.82) is 0 Å². The molecule has 0 aromatic carbocycles. The van der Waals surface area contributed by atoms with Crippen LogP contribution in [0.15, 0.2) is 0 Å². The normalized spacial score (nSPS) is 18.3. The van der Waals surface area contributed by atoms with Crippen LogP contribution in [0, 0.1) is 0 Å². The van der Waals surface area contributed by atoms with E-state index in [4.69, 9.17) is 14.9 Å². The molecule has 0 radical (unpaired) electrons. The summed E-state index contributed by atoms with van der Waals surface area (Å²) in [5, 5.41) is 17.5. The molecule has 0 aromatic rings. The number of aliphatic hydroxyl groups excluding tert-OH is 1. The fraction of sp³-hybridized carbons (Fsp3) is 0.833. The van der Waals surface area contributed by atoms with Crippen LogP contribution < -0.4 is 0 Å². The Bertz CT molecular complexity index is 152. The van der Waals surface area contributed by atoms with E-state index in [0.29, 0.717) is 6.61 Å². The SMILES string of the molecule is COC[C@H](Br)[C@H](Br)[C@@H](O)C(=O)O. The number of methoxy groups -OCH3 is 1. The van der Waals surface area contributed by atoms with Gasteiger partial charge in [0.05, 0.1) is 16.3 Å². The molecule has 0 heterocycles. The number of rotatable bonds is 5. The van der Waals surface area contributed by atoms with Crippen LogP contribution in [0.1, 0.15) is 0 Å². The molecule has 0 spiro atoms. The van der Waals surface area contributed by atoms with Crippen molar-refractivity contribution in [2.45, 2.75) is 15.8 Å². The molecule has 4 nitrogen and oxygen atoms in total. The van der Waals surface area contributed by atoms with Gasteiger partial charge in [-0.1, -0.05) is 31.9 Å². The van der Waals surface area contributed by atoms with Crippen molar-refractivity contribution in [2.75, 3.05) is 13.7 Å². The summed E-state index contributed by atoms with van der Waals surface area (Å²) in [5.74, 6) is -1.25. The smallest absolute Gasteiger partial charge is 0.333 e. The molecule has 0 unspecified atom stereocenters. The number of carbonyl (C=O) groups is 1. The molecule has 3 atom stereocenters. The van der Waals surface area contributed by atoms with Gasteiger partial charge in [-0.05, 0) is 0 Å². The Balaban J connectivity index is 3.99. The van der Waals surface area contributed by atoms with E-state index in [9.17, 15) is 4.79 Å². The first kappa shape index (κ1) is 12.3. The van der Waals surface area contributed by atoms with Gasteiger partial charge in [0, 0.05) is 7.11 Å². The summed E-state index contributed by atoms with van der Waals surface area (Å²) in [6.07, 6.45) is -1.43. The zero-order valence-electron chi connectivity index (χ0n) is 6.41. The average molecular weight is 306 g/mol. The summed E-state index contributed by atoms with van der Waals surface area (Å²) in [6.45, 7) is 0.334. The van der Waals surface area contributed by atoms with Crippen LogP contribution in [0.5, 0.6) is 0 Å². The summed E-state index contributed by atoms with van der Waals surface area (Å²) in [6, 6.07) is 0. The molecule has 0 saturated heterocycles. The van der Waals surface area contributed by atoms with Crippen molar-refractivity contribution in [3.05, 3.63) is 0 Å². The van der Waals surface area contributed by atoms with Crippen LogP contribution in [0.3, 0.4) is 0 Å². The van der Waals surface area contributed by atoms with Crippen molar-refractivity contribution in [2.24, 2.45) is 0 Å². The minimum Gasteiger partial charge on any atom is -0.479 e. The molecule has 0 bridgehead atoms. The number of carboxylic acid groups (broad SMARTS) is 1. The molecule has 72 valence electrons. The van der Waals surface area contributed by atoms with Gasteiger partial charge < -0.3 is 14.9 Å². The second kappa shape index (κ2) is 5.90. The molecule has 6 heteroatoms. The fourth-order valence-corrected chi connectivity index (χ4v) is 1.52. The highest BCUT2D eigenvalue weighted by atomic mass is 79.9. The summed E-state index contributed by atoms with van der Waals surface area (Å²) in [5.41, 5.74) is 0. The number of ether oxygens (including phenoxy) is 1. The zero-order chi connectivity index (χ0) is 9.72. The summed E-state index contributed by atoms with van der Waals surface area (Å²) < 4.78 is 4.77. The Morgan fingerprint density at radius 3 is 2.42 bits per heavy atom. The third kappa shape index (κ3) is 3.84. The highest BCUT2D eigenvalue weighted by molar-refractivity contribution is 9.12. The maximum atomic E-state index is 10.3. The predicted octanol–water partition coefficient (Wildman–Crippen LogP) is 0.605. The Hall–Kier alpha value is 0.350. The monoisotopic (exact) mass is 304 g/mol. The van der Waals surface area contributed by atoms with E-state index in [1.807, 2.05) is 0 Å². The molecule has 0 saturated carbocycles. The van der Waals surface area contributed by atoms with Crippen molar-refractivity contribution in [3.8, 4) is 0 Å². The highest BCUT2D eigenvalue weighted by Crippen LogP contribution is 2.18. The predicted molar refractivity (Wildman–Crippen MR) is 50.9 cm³/mol. The molecule has 12 heavy (non-hydrogen) atoms. The number of aliphatic carboxylic acids is 1. The number of halogens is 2. The quantitative estimate of drug-likeness (QED) is 0.730. The maximum absolute atomic E-state index is 10.3. The van der Waals surface area contributed by atoms with Crippen LogP contribution in [0.2, 0.25) is 0 Å². The molecular formula is C6H10Br2O4. The zero-order valence-corrected chi connectivity index (χ0v) is 9.58. The van der Waals surface area contributed by atoms with Crippen molar-refractivity contribution >= 4 is 37.8 Å². The van der Waals surface area contributed by atoms with Crippen LogP contribution in [-0.4, -0.2) is 45.7 Å². The van der Waals surface area contributed by atoms with Gasteiger partial charge in [-0.25, -0.2) is 4.79 Å². The Morgan fingerprint density at radius 2 is 2.08 bits per heavy atom. The first-order valence-corrected chi connectivity index (χ1v) is 5.01. The topological polar surface area (TPSA) is 66.8 Å². The van der Waals surface area contributed by atoms with Crippen LogP contribution in [0.4, 0.5) is 0 Å². The largest absolute Gasteiger partial charge is 0.479 e. The summed E-state index contributed by atoms with van der Waals surface area (Å²) in [4.78, 5) is 9.52. The second-order valence-electron chi connectivity index (χ2n) is 2.20. The molecule has 0 amide bonds. The van der Waals surface area contributed by atoms with Gasteiger partial charge in [0.1, 0.15) is 0 Å². The lowest BCUT2D eigenvalue weighted by molar-refractivity contribution is -0.146. The third-order valence-electron chi connectivity index (χ3n) is 1.23. The Labute approximate surface area is 87.2 Å². The van der Waals surface area contributed by atoms with E-state index >= 15 is 0 Å². The highest BCUT2D eigenvalue weighted by Gasteiger charge is 2.29. The second-order valence-corrected chi connectivity index (χ2v) is 4.43. The molecular weight excluding hydrogens is 296 g/mol. The van der Waals surface area contributed by atoms with Gasteiger partial charge >= 0.3 is 5.97 Å². The Morgan fingerprint density at radius 1 is 1.58 bits per heavy atom. The lowest BCUT2D eigenvalue weighted by Gasteiger charge is -2.18. The lowest BCUT2D eigenvalue weighted by atomic mass is 10.2. The van der Waals surface area contributed by atoms with E-state index in [1.54, 1.807) is 0 Å². The minimum absolute atomic E-state index is 0.228. The molecule has 0 aliphatic carbocycles. The number of hydrogen-bond acceptors (Lipinski definition) is 3. The molecule has 0 fully saturated rings. The first-order chi connectivity index (χ1) is 5.50. The van der Waals surface area contributed by atoms with Gasteiger partial charge in [-0.3, -0.25) is 0 Å². The molecule has 0 aromatic heterocycles. The van der Waals surface area contributed by atoms with Crippen LogP contribution >= 0.6 is 31.9 Å². The van der Waals surface area contributed by atoms with Gasteiger partial charge in [-0.15, -0.1) is 0 Å². The van der Waals surface area contributed by atoms with Crippen molar-refractivity contribution in [1.82, 2.24) is 0 Å². The standard InChI is InChI=1S/C6H10Br2O4/c1-12-2-3(7)4(8)5(9)6(10)11/h3-5,9H,2H2,1H3,(H,10,11)/t3-,4-,5+/m0/s1. The van der Waals surface area contributed by atoms with Gasteiger partial charge in [-0.2, -0.15) is 0 Å². The maximum Gasteiger partial charge on any atom is 0.333 e. The van der Waals surface area contributed by atoms with E-state index in [1.165, 1.54) is 7.11 Å². The number of alkyl halides is 2. The lowest BCUT2D eigenvalue weighted by Crippen LogP contribution is -2.37. The molecule has 2 N–H and O–H groups in total.